The lowest BCUT2D eigenvalue weighted by molar-refractivity contribution is -0.385. The Bertz CT molecular complexity index is 853. The van der Waals surface area contributed by atoms with E-state index in [0.717, 1.165) is 6.21 Å². The Hall–Kier alpha value is -3.33. The van der Waals surface area contributed by atoms with E-state index < -0.39 is 15.8 Å². The molecule has 1 N–H and O–H groups in total. The predicted octanol–water partition coefficient (Wildman–Crippen LogP) is 2.92. The van der Waals surface area contributed by atoms with Gasteiger partial charge in [-0.15, -0.1) is 0 Å². The molecule has 0 heterocycles. The highest BCUT2D eigenvalue weighted by Crippen LogP contribution is 2.24. The number of hydrogen-bond acceptors (Lipinski definition) is 6. The number of nitrogens with zero attached hydrogens (tertiary/aromatic N) is 3. The van der Waals surface area contributed by atoms with Crippen molar-refractivity contribution in [3.8, 4) is 0 Å². The number of amides is 1. The Balaban J connectivity index is 2.15. The van der Waals surface area contributed by atoms with Gasteiger partial charge < -0.3 is 0 Å². The molecule has 0 atom stereocenters. The van der Waals surface area contributed by atoms with Crippen LogP contribution in [0.2, 0.25) is 5.02 Å². The van der Waals surface area contributed by atoms with Gasteiger partial charge in [-0.1, -0.05) is 29.8 Å². The van der Waals surface area contributed by atoms with Crippen molar-refractivity contribution in [3.05, 3.63) is 78.8 Å². The molecule has 0 saturated heterocycles. The number of carbonyl (C=O) groups excluding carboxylic acids is 1. The van der Waals surface area contributed by atoms with E-state index in [-0.39, 0.29) is 22.0 Å². The molecule has 2 rings (SSSR count). The lowest BCUT2D eigenvalue weighted by Gasteiger charge is -2.01. The molecule has 2 aromatic rings. The minimum Gasteiger partial charge on any atom is -0.267 e. The van der Waals surface area contributed by atoms with E-state index in [1.54, 1.807) is 0 Å². The van der Waals surface area contributed by atoms with Gasteiger partial charge in [-0.05, 0) is 12.1 Å². The van der Waals surface area contributed by atoms with Crippen molar-refractivity contribution in [1.29, 1.82) is 0 Å². The fourth-order valence-electron chi connectivity index (χ4n) is 1.80. The average molecular weight is 349 g/mol. The van der Waals surface area contributed by atoms with E-state index in [1.807, 2.05) is 0 Å². The zero-order valence-corrected chi connectivity index (χ0v) is 12.6. The average Bonchev–Trinajstić information content (AvgIpc) is 2.56. The van der Waals surface area contributed by atoms with Gasteiger partial charge in [0.1, 0.15) is 10.6 Å². The van der Waals surface area contributed by atoms with Crippen LogP contribution in [0.5, 0.6) is 0 Å². The molecule has 1 amide bonds. The molecule has 0 aliphatic heterocycles. The highest BCUT2D eigenvalue weighted by atomic mass is 35.5. The van der Waals surface area contributed by atoms with Gasteiger partial charge in [0, 0.05) is 17.7 Å². The van der Waals surface area contributed by atoms with Crippen molar-refractivity contribution >= 4 is 35.1 Å². The maximum absolute atomic E-state index is 11.9. The Morgan fingerprint density at radius 3 is 2.42 bits per heavy atom. The summed E-state index contributed by atoms with van der Waals surface area (Å²) in [6.07, 6.45) is 1.16. The first kappa shape index (κ1) is 17.0. The number of nitrogens with one attached hydrogen (secondary N) is 1. The molecule has 2 aromatic carbocycles. The van der Waals surface area contributed by atoms with Gasteiger partial charge in [0.05, 0.1) is 16.1 Å². The van der Waals surface area contributed by atoms with Crippen LogP contribution in [-0.4, -0.2) is 22.0 Å². The fourth-order valence-corrected chi connectivity index (χ4v) is 1.99. The molecule has 0 aromatic heterocycles. The number of benzene rings is 2. The molecule has 0 spiro atoms. The molecule has 0 radical (unpaired) electrons. The number of hydrazone groups is 1. The van der Waals surface area contributed by atoms with Crippen LogP contribution in [0.4, 0.5) is 11.4 Å². The smallest absolute Gasteiger partial charge is 0.267 e. The summed E-state index contributed by atoms with van der Waals surface area (Å²) in [7, 11) is 0. The van der Waals surface area contributed by atoms with Crippen LogP contribution in [0.3, 0.4) is 0 Å². The number of carbonyl (C=O) groups is 1. The van der Waals surface area contributed by atoms with Gasteiger partial charge in [0.2, 0.25) is 0 Å². The summed E-state index contributed by atoms with van der Waals surface area (Å²) >= 11 is 5.68. The lowest BCUT2D eigenvalue weighted by Crippen LogP contribution is -2.18. The van der Waals surface area contributed by atoms with Crippen molar-refractivity contribution < 1.29 is 14.6 Å². The quantitative estimate of drug-likeness (QED) is 0.504. The number of para-hydroxylation sites is 1. The largest absolute Gasteiger partial charge is 0.288 e. The second-order valence-corrected chi connectivity index (χ2v) is 4.85. The maximum Gasteiger partial charge on any atom is 0.288 e. The van der Waals surface area contributed by atoms with Crippen LogP contribution >= 0.6 is 11.6 Å². The minimum absolute atomic E-state index is 0.0268. The summed E-state index contributed by atoms with van der Waals surface area (Å²) in [5, 5.41) is 25.3. The SMILES string of the molecule is O=C(NN=Cc1ccc(Cl)c([N+](=O)[O-])c1)c1ccccc1[N+](=O)[O-]. The minimum atomic E-state index is -0.776. The number of hydrogen-bond donors (Lipinski definition) is 1. The van der Waals surface area contributed by atoms with E-state index in [1.165, 1.54) is 42.5 Å². The second kappa shape index (κ2) is 7.29. The number of nitro benzene ring substituents is 2. The first-order valence-corrected chi connectivity index (χ1v) is 6.78. The monoisotopic (exact) mass is 348 g/mol. The summed E-state index contributed by atoms with van der Waals surface area (Å²) in [5.74, 6) is -0.776. The maximum atomic E-state index is 11.9. The summed E-state index contributed by atoms with van der Waals surface area (Å²) in [6.45, 7) is 0. The molecule has 9 nitrogen and oxygen atoms in total. The number of halogens is 1. The van der Waals surface area contributed by atoms with E-state index in [0.29, 0.717) is 5.56 Å². The van der Waals surface area contributed by atoms with Gasteiger partial charge in [-0.2, -0.15) is 5.10 Å². The fraction of sp³-hybridized carbons (Fsp3) is 0. The van der Waals surface area contributed by atoms with Crippen LogP contribution in [0, 0.1) is 20.2 Å². The molecule has 122 valence electrons. The normalized spacial score (nSPS) is 10.5. The zero-order chi connectivity index (χ0) is 17.7. The van der Waals surface area contributed by atoms with Crippen molar-refractivity contribution in [2.24, 2.45) is 5.10 Å². The van der Waals surface area contributed by atoms with Crippen LogP contribution in [0.15, 0.2) is 47.6 Å². The van der Waals surface area contributed by atoms with Gasteiger partial charge in [-0.25, -0.2) is 5.43 Å². The molecule has 0 aliphatic rings. The van der Waals surface area contributed by atoms with Crippen LogP contribution in [-0.2, 0) is 0 Å². The Kier molecular flexibility index (Phi) is 5.17. The molecule has 0 saturated carbocycles. The van der Waals surface area contributed by atoms with E-state index in [2.05, 4.69) is 10.5 Å². The van der Waals surface area contributed by atoms with E-state index in [4.69, 9.17) is 11.6 Å². The highest BCUT2D eigenvalue weighted by molar-refractivity contribution is 6.32. The number of nitro groups is 2. The van der Waals surface area contributed by atoms with Crippen molar-refractivity contribution in [2.45, 2.75) is 0 Å². The molecule has 0 fully saturated rings. The topological polar surface area (TPSA) is 128 Å². The Morgan fingerprint density at radius 2 is 1.75 bits per heavy atom. The molecular weight excluding hydrogens is 340 g/mol. The molecule has 10 heteroatoms. The standard InChI is InChI=1S/C14H9ClN4O5/c15-11-6-5-9(7-13(11)19(23)24)8-16-17-14(20)10-3-1-2-4-12(10)18(21)22/h1-8H,(H,17,20). The van der Waals surface area contributed by atoms with Gasteiger partial charge in [-0.3, -0.25) is 25.0 Å². The van der Waals surface area contributed by atoms with Gasteiger partial charge >= 0.3 is 0 Å². The second-order valence-electron chi connectivity index (χ2n) is 4.44. The van der Waals surface area contributed by atoms with E-state index >= 15 is 0 Å². The zero-order valence-electron chi connectivity index (χ0n) is 11.9. The first-order valence-electron chi connectivity index (χ1n) is 6.41. The Morgan fingerprint density at radius 1 is 1.08 bits per heavy atom. The predicted molar refractivity (Wildman–Crippen MR) is 86.3 cm³/mol. The van der Waals surface area contributed by atoms with E-state index in [9.17, 15) is 25.0 Å². The third-order valence-corrected chi connectivity index (χ3v) is 3.21. The first-order chi connectivity index (χ1) is 11.4. The van der Waals surface area contributed by atoms with Gasteiger partial charge in [0.25, 0.3) is 17.3 Å². The molecule has 0 aliphatic carbocycles. The lowest BCUT2D eigenvalue weighted by atomic mass is 10.2. The van der Waals surface area contributed by atoms with Crippen molar-refractivity contribution in [1.82, 2.24) is 5.43 Å². The van der Waals surface area contributed by atoms with Gasteiger partial charge in [0.15, 0.2) is 0 Å². The third-order valence-electron chi connectivity index (χ3n) is 2.89. The summed E-state index contributed by atoms with van der Waals surface area (Å²) in [4.78, 5) is 32.3. The van der Waals surface area contributed by atoms with Crippen molar-refractivity contribution in [2.75, 3.05) is 0 Å². The van der Waals surface area contributed by atoms with Crippen LogP contribution < -0.4 is 5.43 Å². The summed E-state index contributed by atoms with van der Waals surface area (Å²) in [6, 6.07) is 9.38. The molecule has 24 heavy (non-hydrogen) atoms. The third kappa shape index (κ3) is 3.90. The van der Waals surface area contributed by atoms with Crippen LogP contribution in [0.25, 0.3) is 0 Å². The molecule has 0 bridgehead atoms. The number of rotatable bonds is 5. The molecule has 0 unspecified atom stereocenters. The summed E-state index contributed by atoms with van der Waals surface area (Å²) < 4.78 is 0. The summed E-state index contributed by atoms with van der Waals surface area (Å²) in [5.41, 5.74) is 1.65. The van der Waals surface area contributed by atoms with Crippen LogP contribution in [0.1, 0.15) is 15.9 Å². The Labute approximate surface area is 139 Å². The van der Waals surface area contributed by atoms with Crippen molar-refractivity contribution in [3.63, 3.8) is 0 Å². The highest BCUT2D eigenvalue weighted by Gasteiger charge is 2.18. The molecular formula is C14H9ClN4O5.